The van der Waals surface area contributed by atoms with Crippen molar-refractivity contribution in [3.63, 3.8) is 0 Å². The molecule has 0 aliphatic carbocycles. The van der Waals surface area contributed by atoms with Crippen molar-refractivity contribution in [3.8, 4) is 11.5 Å². The molecule has 0 aromatic carbocycles. The van der Waals surface area contributed by atoms with Crippen LogP contribution in [-0.4, -0.2) is 39.5 Å². The molecule has 1 aromatic rings. The first kappa shape index (κ1) is 16.4. The maximum Gasteiger partial charge on any atom is 0.129 e. The molecule has 0 saturated carbocycles. The maximum absolute atomic E-state index is 8.56. The molecule has 2 N–H and O–H groups in total. The van der Waals surface area contributed by atoms with Crippen LogP contribution in [0.1, 0.15) is 9.75 Å². The second-order valence-corrected chi connectivity index (χ2v) is 11.2. The Labute approximate surface area is 121 Å². The molecule has 0 bridgehead atoms. The largest absolute Gasteiger partial charge is 0.394 e. The molecule has 1 rings (SSSR count). The van der Waals surface area contributed by atoms with E-state index in [0.717, 1.165) is 18.0 Å². The third-order valence-corrected chi connectivity index (χ3v) is 4.06. The summed E-state index contributed by atoms with van der Waals surface area (Å²) in [4.78, 5) is 2.44. The van der Waals surface area contributed by atoms with Crippen molar-refractivity contribution < 1.29 is 9.84 Å². The van der Waals surface area contributed by atoms with Gasteiger partial charge in [-0.15, -0.1) is 16.9 Å². The number of rotatable bonds is 7. The summed E-state index contributed by atoms with van der Waals surface area (Å²) >= 11 is 1.75. The number of nitrogens with one attached hydrogen (secondary N) is 1. The second-order valence-electron chi connectivity index (χ2n) is 5.28. The summed E-state index contributed by atoms with van der Waals surface area (Å²) in [6, 6.07) is 4.22. The number of ether oxygens (including phenoxy) is 1. The Balaban J connectivity index is 2.29. The highest BCUT2D eigenvalue weighted by Crippen LogP contribution is 2.15. The van der Waals surface area contributed by atoms with E-state index in [-0.39, 0.29) is 6.61 Å². The van der Waals surface area contributed by atoms with Gasteiger partial charge in [0.25, 0.3) is 0 Å². The Morgan fingerprint density at radius 1 is 1.32 bits per heavy atom. The first-order valence-corrected chi connectivity index (χ1v) is 10.8. The quantitative estimate of drug-likeness (QED) is 0.460. The van der Waals surface area contributed by atoms with E-state index < -0.39 is 8.07 Å². The molecule has 106 valence electrons. The zero-order valence-corrected chi connectivity index (χ0v) is 13.8. The minimum absolute atomic E-state index is 0.0873. The second kappa shape index (κ2) is 8.51. The van der Waals surface area contributed by atoms with Gasteiger partial charge in [-0.05, 0) is 12.1 Å². The fourth-order valence-electron chi connectivity index (χ4n) is 1.31. The van der Waals surface area contributed by atoms with Crippen LogP contribution in [0.2, 0.25) is 19.6 Å². The highest BCUT2D eigenvalue weighted by Gasteiger charge is 2.07. The van der Waals surface area contributed by atoms with Crippen LogP contribution in [0.3, 0.4) is 0 Å². The topological polar surface area (TPSA) is 41.5 Å². The van der Waals surface area contributed by atoms with Crippen LogP contribution in [-0.2, 0) is 11.3 Å². The summed E-state index contributed by atoms with van der Waals surface area (Å²) in [5.41, 5.74) is 3.38. The highest BCUT2D eigenvalue weighted by molar-refractivity contribution is 7.12. The number of aliphatic hydroxyl groups is 1. The van der Waals surface area contributed by atoms with E-state index >= 15 is 0 Å². The fourth-order valence-corrected chi connectivity index (χ4v) is 2.74. The smallest absolute Gasteiger partial charge is 0.129 e. The molecule has 0 amide bonds. The highest BCUT2D eigenvalue weighted by atomic mass is 32.1. The zero-order chi connectivity index (χ0) is 14.1. The Bertz CT molecular complexity index is 429. The van der Waals surface area contributed by atoms with E-state index in [1.54, 1.807) is 11.3 Å². The lowest BCUT2D eigenvalue weighted by Gasteiger charge is -2.03. The molecule has 0 spiro atoms. The molecule has 0 atom stereocenters. The Morgan fingerprint density at radius 2 is 2.11 bits per heavy atom. The van der Waals surface area contributed by atoms with Crippen molar-refractivity contribution in [1.29, 1.82) is 0 Å². The summed E-state index contributed by atoms with van der Waals surface area (Å²) in [6.07, 6.45) is 0. The van der Waals surface area contributed by atoms with Gasteiger partial charge in [-0.2, -0.15) is 0 Å². The van der Waals surface area contributed by atoms with Crippen LogP contribution >= 0.6 is 11.3 Å². The molecule has 0 radical (unpaired) electrons. The molecular weight excluding hydrogens is 274 g/mol. The van der Waals surface area contributed by atoms with Gasteiger partial charge >= 0.3 is 0 Å². The van der Waals surface area contributed by atoms with Gasteiger partial charge in [-0.25, -0.2) is 0 Å². The predicted octanol–water partition coefficient (Wildman–Crippen LogP) is 2.08. The first-order valence-electron chi connectivity index (χ1n) is 6.52. The SMILES string of the molecule is C[Si](C)(C)C#Cc1ccc(CNCCOCCO)s1. The van der Waals surface area contributed by atoms with Crippen LogP contribution < -0.4 is 5.32 Å². The van der Waals surface area contributed by atoms with E-state index in [4.69, 9.17) is 9.84 Å². The number of hydrogen-bond donors (Lipinski definition) is 2. The Morgan fingerprint density at radius 3 is 2.79 bits per heavy atom. The minimum atomic E-state index is -1.28. The van der Waals surface area contributed by atoms with Gasteiger partial charge in [0.2, 0.25) is 0 Å². The molecule has 1 heterocycles. The van der Waals surface area contributed by atoms with Crippen LogP contribution in [0.15, 0.2) is 12.1 Å². The average molecular weight is 297 g/mol. The lowest BCUT2D eigenvalue weighted by Crippen LogP contribution is -2.19. The molecular formula is C14H23NO2SSi. The van der Waals surface area contributed by atoms with Crippen molar-refractivity contribution in [1.82, 2.24) is 5.32 Å². The van der Waals surface area contributed by atoms with E-state index in [0.29, 0.717) is 13.2 Å². The van der Waals surface area contributed by atoms with Crippen molar-refractivity contribution in [2.75, 3.05) is 26.4 Å². The van der Waals surface area contributed by atoms with Gasteiger partial charge in [-0.1, -0.05) is 25.6 Å². The molecule has 1 aromatic heterocycles. The third kappa shape index (κ3) is 8.19. The van der Waals surface area contributed by atoms with E-state index in [9.17, 15) is 0 Å². The number of thiophene rings is 1. The molecule has 19 heavy (non-hydrogen) atoms. The van der Waals surface area contributed by atoms with Crippen molar-refractivity contribution in [2.24, 2.45) is 0 Å². The van der Waals surface area contributed by atoms with Crippen LogP contribution in [0.4, 0.5) is 0 Å². The summed E-state index contributed by atoms with van der Waals surface area (Å²) in [7, 11) is -1.28. The fraction of sp³-hybridized carbons (Fsp3) is 0.571. The molecule has 0 unspecified atom stereocenters. The first-order chi connectivity index (χ1) is 9.01. The number of hydrogen-bond acceptors (Lipinski definition) is 4. The van der Waals surface area contributed by atoms with Gasteiger partial charge in [0, 0.05) is 18.0 Å². The van der Waals surface area contributed by atoms with Crippen LogP contribution in [0, 0.1) is 11.5 Å². The van der Waals surface area contributed by atoms with E-state index in [2.05, 4.69) is 48.6 Å². The predicted molar refractivity (Wildman–Crippen MR) is 84.2 cm³/mol. The molecule has 5 heteroatoms. The average Bonchev–Trinajstić information content (AvgIpc) is 2.78. The Kier molecular flexibility index (Phi) is 7.35. The minimum Gasteiger partial charge on any atom is -0.394 e. The molecule has 0 fully saturated rings. The van der Waals surface area contributed by atoms with Gasteiger partial charge in [-0.3, -0.25) is 0 Å². The summed E-state index contributed by atoms with van der Waals surface area (Å²) in [5.74, 6) is 3.27. The third-order valence-electron chi connectivity index (χ3n) is 2.18. The standard InChI is InChI=1S/C14H23NO2SSi/c1-19(2,3)11-6-13-4-5-14(18-13)12-15-7-9-17-10-8-16/h4-5,15-16H,7-10,12H2,1-3H3. The van der Waals surface area contributed by atoms with Crippen molar-refractivity contribution in [2.45, 2.75) is 26.2 Å². The van der Waals surface area contributed by atoms with Gasteiger partial charge in [0.15, 0.2) is 0 Å². The van der Waals surface area contributed by atoms with Crippen molar-refractivity contribution >= 4 is 19.4 Å². The maximum atomic E-state index is 8.56. The molecule has 3 nitrogen and oxygen atoms in total. The summed E-state index contributed by atoms with van der Waals surface area (Å²) in [6.45, 7) is 9.54. The van der Waals surface area contributed by atoms with E-state index in [1.807, 2.05) is 0 Å². The molecule has 0 saturated heterocycles. The van der Waals surface area contributed by atoms with Gasteiger partial charge in [0.1, 0.15) is 8.07 Å². The van der Waals surface area contributed by atoms with Gasteiger partial charge in [0.05, 0.1) is 24.7 Å². The van der Waals surface area contributed by atoms with Crippen molar-refractivity contribution in [3.05, 3.63) is 21.9 Å². The monoisotopic (exact) mass is 297 g/mol. The summed E-state index contributed by atoms with van der Waals surface area (Å²) < 4.78 is 5.18. The van der Waals surface area contributed by atoms with Crippen LogP contribution in [0.25, 0.3) is 0 Å². The van der Waals surface area contributed by atoms with Crippen LogP contribution in [0.5, 0.6) is 0 Å². The zero-order valence-electron chi connectivity index (χ0n) is 12.0. The lowest BCUT2D eigenvalue weighted by atomic mass is 10.4. The molecule has 0 aliphatic rings. The van der Waals surface area contributed by atoms with Gasteiger partial charge < -0.3 is 15.2 Å². The number of aliphatic hydroxyl groups excluding tert-OH is 1. The molecule has 0 aliphatic heterocycles. The van der Waals surface area contributed by atoms with E-state index in [1.165, 1.54) is 4.88 Å². The normalized spacial score (nSPS) is 11.2. The summed E-state index contributed by atoms with van der Waals surface area (Å²) in [5, 5.41) is 11.9. The lowest BCUT2D eigenvalue weighted by molar-refractivity contribution is 0.0938. The Hall–Kier alpha value is -0.643.